The Kier molecular flexibility index (Phi) is 9.66. The minimum atomic E-state index is 0. The molecule has 19 heavy (non-hydrogen) atoms. The van der Waals surface area contributed by atoms with Crippen molar-refractivity contribution in [2.75, 3.05) is 27.2 Å². The summed E-state index contributed by atoms with van der Waals surface area (Å²) in [5, 5.41) is 0. The van der Waals surface area contributed by atoms with Gasteiger partial charge in [0.1, 0.15) is 5.75 Å². The fraction of sp³-hybridized carbons (Fsp3) is 0.600. The quantitative estimate of drug-likeness (QED) is 0.747. The minimum absolute atomic E-state index is 0. The van der Waals surface area contributed by atoms with Crippen molar-refractivity contribution in [3.8, 4) is 5.75 Å². The van der Waals surface area contributed by atoms with Crippen molar-refractivity contribution in [3.63, 3.8) is 0 Å². The third-order valence-electron chi connectivity index (χ3n) is 2.99. The van der Waals surface area contributed by atoms with E-state index in [0.29, 0.717) is 0 Å². The zero-order chi connectivity index (χ0) is 13.4. The fourth-order valence-electron chi connectivity index (χ4n) is 1.80. The third-order valence-corrected chi connectivity index (χ3v) is 2.99. The summed E-state index contributed by atoms with van der Waals surface area (Å²) in [6.07, 6.45) is 2.93. The maximum absolute atomic E-state index is 6.01. The first-order valence-corrected chi connectivity index (χ1v) is 6.74. The first-order chi connectivity index (χ1) is 8.63. The van der Waals surface area contributed by atoms with Crippen molar-refractivity contribution in [1.29, 1.82) is 0 Å². The average Bonchev–Trinajstić information content (AvgIpc) is 2.36. The van der Waals surface area contributed by atoms with Crippen LogP contribution in [0.1, 0.15) is 25.3 Å². The molecule has 0 saturated carbocycles. The van der Waals surface area contributed by atoms with Crippen LogP contribution in [0.3, 0.4) is 0 Å². The number of rotatable bonds is 8. The number of para-hydroxylation sites is 1. The van der Waals surface area contributed by atoms with E-state index >= 15 is 0 Å². The van der Waals surface area contributed by atoms with E-state index in [9.17, 15) is 0 Å². The molecule has 0 heterocycles. The lowest BCUT2D eigenvalue weighted by molar-refractivity contribution is 0.279. The molecule has 0 radical (unpaired) electrons. The van der Waals surface area contributed by atoms with E-state index in [1.165, 1.54) is 5.56 Å². The monoisotopic (exact) mass is 286 g/mol. The molecule has 1 unspecified atom stereocenters. The molecule has 0 aromatic heterocycles. The Morgan fingerprint density at radius 2 is 1.95 bits per heavy atom. The van der Waals surface area contributed by atoms with Crippen LogP contribution < -0.4 is 10.5 Å². The number of benzene rings is 1. The van der Waals surface area contributed by atoms with Crippen LogP contribution in [-0.2, 0) is 6.42 Å². The summed E-state index contributed by atoms with van der Waals surface area (Å²) >= 11 is 0. The first kappa shape index (κ1) is 18.2. The van der Waals surface area contributed by atoms with Gasteiger partial charge in [-0.05, 0) is 45.0 Å². The summed E-state index contributed by atoms with van der Waals surface area (Å²) in [5.74, 6) is 0.986. The van der Waals surface area contributed by atoms with Gasteiger partial charge in [-0.3, -0.25) is 0 Å². The zero-order valence-electron chi connectivity index (χ0n) is 12.3. The Hall–Kier alpha value is -0.770. The fourth-order valence-corrected chi connectivity index (χ4v) is 1.80. The van der Waals surface area contributed by atoms with E-state index in [1.807, 2.05) is 18.2 Å². The van der Waals surface area contributed by atoms with Crippen LogP contribution in [0.25, 0.3) is 0 Å². The Balaban J connectivity index is 0.00000324. The van der Waals surface area contributed by atoms with Crippen molar-refractivity contribution >= 4 is 12.4 Å². The summed E-state index contributed by atoms with van der Waals surface area (Å²) in [6.45, 7) is 3.93. The Morgan fingerprint density at radius 3 is 2.58 bits per heavy atom. The van der Waals surface area contributed by atoms with E-state index in [-0.39, 0.29) is 18.4 Å². The smallest absolute Gasteiger partial charge is 0.122 e. The average molecular weight is 287 g/mol. The predicted molar refractivity (Wildman–Crippen MR) is 84.3 cm³/mol. The first-order valence-electron chi connectivity index (χ1n) is 6.74. The van der Waals surface area contributed by atoms with Crippen molar-refractivity contribution in [2.45, 2.75) is 32.2 Å². The van der Waals surface area contributed by atoms with E-state index in [2.05, 4.69) is 32.0 Å². The number of hydrogen-bond donors (Lipinski definition) is 1. The lowest BCUT2D eigenvalue weighted by Crippen LogP contribution is -2.22. The molecule has 0 aliphatic rings. The van der Waals surface area contributed by atoms with Gasteiger partial charge in [-0.2, -0.15) is 0 Å². The molecular formula is C15H27ClN2O. The highest BCUT2D eigenvalue weighted by atomic mass is 35.5. The van der Waals surface area contributed by atoms with Crippen molar-refractivity contribution in [1.82, 2.24) is 4.90 Å². The van der Waals surface area contributed by atoms with E-state index in [1.54, 1.807) is 0 Å². The van der Waals surface area contributed by atoms with E-state index < -0.39 is 0 Å². The van der Waals surface area contributed by atoms with Crippen LogP contribution in [0, 0.1) is 0 Å². The molecule has 1 aromatic rings. The molecule has 110 valence electrons. The van der Waals surface area contributed by atoms with Crippen LogP contribution in [0.5, 0.6) is 5.75 Å². The highest BCUT2D eigenvalue weighted by Gasteiger charge is 2.07. The number of nitrogens with zero attached hydrogens (tertiary/aromatic N) is 1. The molecule has 0 spiro atoms. The van der Waals surface area contributed by atoms with Gasteiger partial charge in [0.25, 0.3) is 0 Å². The molecule has 0 aliphatic heterocycles. The third kappa shape index (κ3) is 7.41. The van der Waals surface area contributed by atoms with Crippen LogP contribution in [0.4, 0.5) is 0 Å². The minimum Gasteiger partial charge on any atom is -0.493 e. The van der Waals surface area contributed by atoms with E-state index in [4.69, 9.17) is 10.5 Å². The standard InChI is InChI=1S/C15H26N2O.ClH/c1-4-14(16)12-13-8-5-6-9-15(13)18-11-7-10-17(2)3;/h5-6,8-9,14H,4,7,10-12,16H2,1-3H3;1H. The van der Waals surface area contributed by atoms with Gasteiger partial charge in [0.15, 0.2) is 0 Å². The summed E-state index contributed by atoms with van der Waals surface area (Å²) in [6, 6.07) is 8.42. The summed E-state index contributed by atoms with van der Waals surface area (Å²) in [5.41, 5.74) is 7.23. The normalized spacial score (nSPS) is 12.1. The molecule has 0 fully saturated rings. The molecule has 4 heteroatoms. The molecule has 1 aromatic carbocycles. The summed E-state index contributed by atoms with van der Waals surface area (Å²) in [4.78, 5) is 2.17. The SMILES string of the molecule is CCC(N)Cc1ccccc1OCCCN(C)C.Cl. The van der Waals surface area contributed by atoms with Gasteiger partial charge in [0.05, 0.1) is 6.61 Å². The highest BCUT2D eigenvalue weighted by Crippen LogP contribution is 2.20. The second-order valence-corrected chi connectivity index (χ2v) is 4.99. The molecule has 2 N–H and O–H groups in total. The second-order valence-electron chi connectivity index (χ2n) is 4.99. The van der Waals surface area contributed by atoms with Crippen molar-refractivity contribution in [2.24, 2.45) is 5.73 Å². The van der Waals surface area contributed by atoms with Crippen molar-refractivity contribution < 1.29 is 4.74 Å². The maximum atomic E-state index is 6.01. The van der Waals surface area contributed by atoms with Gasteiger partial charge in [-0.25, -0.2) is 0 Å². The number of hydrogen-bond acceptors (Lipinski definition) is 3. The lowest BCUT2D eigenvalue weighted by atomic mass is 10.0. The van der Waals surface area contributed by atoms with Gasteiger partial charge in [0.2, 0.25) is 0 Å². The van der Waals surface area contributed by atoms with Crippen LogP contribution in [-0.4, -0.2) is 38.2 Å². The van der Waals surface area contributed by atoms with Crippen LogP contribution in [0.2, 0.25) is 0 Å². The number of ether oxygens (including phenoxy) is 1. The Bertz CT molecular complexity index is 345. The zero-order valence-corrected chi connectivity index (χ0v) is 13.1. The predicted octanol–water partition coefficient (Wildman–Crippen LogP) is 2.72. The molecule has 0 aliphatic carbocycles. The number of halogens is 1. The molecule has 0 saturated heterocycles. The summed E-state index contributed by atoms with van der Waals surface area (Å²) in [7, 11) is 4.16. The van der Waals surface area contributed by atoms with Gasteiger partial charge in [-0.15, -0.1) is 12.4 Å². The van der Waals surface area contributed by atoms with Crippen molar-refractivity contribution in [3.05, 3.63) is 29.8 Å². The van der Waals surface area contributed by atoms with Gasteiger partial charge >= 0.3 is 0 Å². The van der Waals surface area contributed by atoms with Gasteiger partial charge in [0, 0.05) is 12.6 Å². The highest BCUT2D eigenvalue weighted by molar-refractivity contribution is 5.85. The molecule has 3 nitrogen and oxygen atoms in total. The maximum Gasteiger partial charge on any atom is 0.122 e. The topological polar surface area (TPSA) is 38.5 Å². The lowest BCUT2D eigenvalue weighted by Gasteiger charge is -2.15. The van der Waals surface area contributed by atoms with Gasteiger partial charge < -0.3 is 15.4 Å². The second kappa shape index (κ2) is 10.1. The molecular weight excluding hydrogens is 260 g/mol. The molecule has 0 amide bonds. The Morgan fingerprint density at radius 1 is 1.26 bits per heavy atom. The largest absolute Gasteiger partial charge is 0.493 e. The van der Waals surface area contributed by atoms with Crippen LogP contribution >= 0.6 is 12.4 Å². The molecule has 1 atom stereocenters. The Labute approximate surface area is 123 Å². The summed E-state index contributed by atoms with van der Waals surface area (Å²) < 4.78 is 5.85. The molecule has 1 rings (SSSR count). The number of nitrogens with two attached hydrogens (primary N) is 1. The molecule has 0 bridgehead atoms. The van der Waals surface area contributed by atoms with Crippen LogP contribution in [0.15, 0.2) is 24.3 Å². The van der Waals surface area contributed by atoms with E-state index in [0.717, 1.165) is 38.2 Å². The van der Waals surface area contributed by atoms with Gasteiger partial charge in [-0.1, -0.05) is 25.1 Å².